The summed E-state index contributed by atoms with van der Waals surface area (Å²) in [5.41, 5.74) is 2.89. The maximum absolute atomic E-state index is 11.8. The van der Waals surface area contributed by atoms with E-state index in [1.807, 2.05) is 26.0 Å². The Hall–Kier alpha value is -2.30. The van der Waals surface area contributed by atoms with Crippen molar-refractivity contribution in [3.05, 3.63) is 35.1 Å². The van der Waals surface area contributed by atoms with Gasteiger partial charge in [-0.1, -0.05) is 0 Å². The first kappa shape index (κ1) is 13.1. The highest BCUT2D eigenvalue weighted by atomic mass is 16.4. The van der Waals surface area contributed by atoms with Crippen molar-refractivity contribution in [3.63, 3.8) is 0 Å². The number of carbonyl (C=O) groups excluding carboxylic acids is 1. The number of furan rings is 1. The highest BCUT2D eigenvalue weighted by Crippen LogP contribution is 2.23. The number of rotatable bonds is 4. The molecule has 0 aliphatic heterocycles. The minimum absolute atomic E-state index is 0.0866. The molecule has 0 fully saturated rings. The van der Waals surface area contributed by atoms with Gasteiger partial charge >= 0.3 is 5.97 Å². The van der Waals surface area contributed by atoms with Crippen molar-refractivity contribution < 1.29 is 19.1 Å². The number of aryl methyl sites for hydroxylation is 2. The molecule has 5 heteroatoms. The molecular weight excluding hydrogens is 246 g/mol. The number of carbonyl (C=O) groups is 2. The third-order valence-electron chi connectivity index (χ3n) is 2.98. The van der Waals surface area contributed by atoms with Gasteiger partial charge in [-0.3, -0.25) is 9.59 Å². The van der Waals surface area contributed by atoms with Crippen molar-refractivity contribution in [2.75, 3.05) is 6.54 Å². The van der Waals surface area contributed by atoms with Gasteiger partial charge in [0.05, 0.1) is 6.42 Å². The van der Waals surface area contributed by atoms with Crippen LogP contribution >= 0.6 is 0 Å². The van der Waals surface area contributed by atoms with Crippen LogP contribution < -0.4 is 5.32 Å². The molecule has 0 spiro atoms. The molecule has 0 aliphatic carbocycles. The van der Waals surface area contributed by atoms with E-state index in [0.717, 1.165) is 16.5 Å². The number of benzene rings is 1. The summed E-state index contributed by atoms with van der Waals surface area (Å²) in [6.07, 6.45) is -0.107. The van der Waals surface area contributed by atoms with Gasteiger partial charge in [0.1, 0.15) is 5.58 Å². The van der Waals surface area contributed by atoms with Gasteiger partial charge in [-0.15, -0.1) is 0 Å². The second-order valence-corrected chi connectivity index (χ2v) is 4.48. The van der Waals surface area contributed by atoms with Gasteiger partial charge in [0.2, 0.25) is 0 Å². The van der Waals surface area contributed by atoms with Gasteiger partial charge in [-0.2, -0.15) is 0 Å². The van der Waals surface area contributed by atoms with Crippen molar-refractivity contribution in [2.24, 2.45) is 0 Å². The Morgan fingerprint density at radius 2 is 1.89 bits per heavy atom. The van der Waals surface area contributed by atoms with E-state index in [1.165, 1.54) is 0 Å². The quantitative estimate of drug-likeness (QED) is 0.884. The summed E-state index contributed by atoms with van der Waals surface area (Å²) in [6.45, 7) is 4.06. The van der Waals surface area contributed by atoms with Crippen LogP contribution in [0.1, 0.15) is 28.1 Å². The average molecular weight is 261 g/mol. The fourth-order valence-electron chi connectivity index (χ4n) is 1.78. The maximum atomic E-state index is 11.8. The largest absolute Gasteiger partial charge is 0.481 e. The van der Waals surface area contributed by atoms with Gasteiger partial charge in [0.25, 0.3) is 5.91 Å². The van der Waals surface area contributed by atoms with Crippen LogP contribution in [0.2, 0.25) is 0 Å². The summed E-state index contributed by atoms with van der Waals surface area (Å²) >= 11 is 0. The molecule has 0 atom stereocenters. The number of carboxylic acid groups (broad SMARTS) is 1. The highest BCUT2D eigenvalue weighted by molar-refractivity contribution is 5.96. The van der Waals surface area contributed by atoms with Crippen molar-refractivity contribution in [2.45, 2.75) is 20.3 Å². The van der Waals surface area contributed by atoms with E-state index in [4.69, 9.17) is 9.52 Å². The Labute approximate surface area is 110 Å². The van der Waals surface area contributed by atoms with Gasteiger partial charge in [0, 0.05) is 11.9 Å². The first-order valence-corrected chi connectivity index (χ1v) is 5.98. The molecule has 1 heterocycles. The van der Waals surface area contributed by atoms with E-state index in [-0.39, 0.29) is 18.7 Å². The molecule has 0 aliphatic rings. The normalized spacial score (nSPS) is 10.6. The first-order valence-electron chi connectivity index (χ1n) is 5.98. The first-order chi connectivity index (χ1) is 8.97. The van der Waals surface area contributed by atoms with Gasteiger partial charge in [-0.25, -0.2) is 0 Å². The third-order valence-corrected chi connectivity index (χ3v) is 2.98. The lowest BCUT2D eigenvalue weighted by Gasteiger charge is -1.99. The van der Waals surface area contributed by atoms with Crippen LogP contribution in [-0.2, 0) is 4.79 Å². The summed E-state index contributed by atoms with van der Waals surface area (Å²) in [4.78, 5) is 22.1. The Kier molecular flexibility index (Phi) is 3.55. The van der Waals surface area contributed by atoms with E-state index in [1.54, 1.807) is 6.07 Å². The standard InChI is InChI=1S/C14H15NO4/c1-8-5-10-7-12(19-11(10)6-9(8)2)14(18)15-4-3-13(16)17/h5-7H,3-4H2,1-2H3,(H,15,18)(H,16,17). The number of nitrogens with one attached hydrogen (secondary N) is 1. The zero-order valence-electron chi connectivity index (χ0n) is 10.8. The predicted octanol–water partition coefficient (Wildman–Crippen LogP) is 2.25. The highest BCUT2D eigenvalue weighted by Gasteiger charge is 2.13. The minimum Gasteiger partial charge on any atom is -0.481 e. The molecule has 2 aromatic rings. The molecule has 1 aromatic heterocycles. The van der Waals surface area contributed by atoms with Gasteiger partial charge in [0.15, 0.2) is 5.76 Å². The molecule has 1 aromatic carbocycles. The van der Waals surface area contributed by atoms with Crippen LogP contribution in [0.5, 0.6) is 0 Å². The lowest BCUT2D eigenvalue weighted by atomic mass is 10.1. The predicted molar refractivity (Wildman–Crippen MR) is 70.3 cm³/mol. The van der Waals surface area contributed by atoms with E-state index in [0.29, 0.717) is 5.58 Å². The molecule has 0 saturated heterocycles. The number of carboxylic acids is 1. The average Bonchev–Trinajstić information content (AvgIpc) is 2.72. The number of fused-ring (bicyclic) bond motifs is 1. The van der Waals surface area contributed by atoms with Crippen LogP contribution in [0.3, 0.4) is 0 Å². The third kappa shape index (κ3) is 2.93. The monoisotopic (exact) mass is 261 g/mol. The lowest BCUT2D eigenvalue weighted by Crippen LogP contribution is -2.25. The summed E-state index contributed by atoms with van der Waals surface area (Å²) in [7, 11) is 0. The maximum Gasteiger partial charge on any atom is 0.305 e. The molecule has 1 amide bonds. The Balaban J connectivity index is 2.16. The van der Waals surface area contributed by atoms with E-state index in [9.17, 15) is 9.59 Å². The molecule has 0 unspecified atom stereocenters. The zero-order valence-corrected chi connectivity index (χ0v) is 10.8. The summed E-state index contributed by atoms with van der Waals surface area (Å²) in [5.74, 6) is -1.14. The van der Waals surface area contributed by atoms with Gasteiger partial charge in [-0.05, 0) is 43.2 Å². The molecule has 100 valence electrons. The van der Waals surface area contributed by atoms with Crippen molar-refractivity contribution in [3.8, 4) is 0 Å². The molecule has 5 nitrogen and oxygen atoms in total. The zero-order chi connectivity index (χ0) is 14.0. The number of aliphatic carboxylic acids is 1. The molecule has 0 bridgehead atoms. The molecule has 19 heavy (non-hydrogen) atoms. The fraction of sp³-hybridized carbons (Fsp3) is 0.286. The van der Waals surface area contributed by atoms with E-state index >= 15 is 0 Å². The number of hydrogen-bond acceptors (Lipinski definition) is 3. The second-order valence-electron chi connectivity index (χ2n) is 4.48. The Morgan fingerprint density at radius 1 is 1.21 bits per heavy atom. The number of amides is 1. The molecular formula is C14H15NO4. The van der Waals surface area contributed by atoms with E-state index in [2.05, 4.69) is 5.32 Å². The van der Waals surface area contributed by atoms with Crippen molar-refractivity contribution in [1.29, 1.82) is 0 Å². The number of hydrogen-bond donors (Lipinski definition) is 2. The smallest absolute Gasteiger partial charge is 0.305 e. The van der Waals surface area contributed by atoms with Crippen LogP contribution in [0, 0.1) is 13.8 Å². The molecule has 2 N–H and O–H groups in total. The molecule has 0 radical (unpaired) electrons. The van der Waals surface area contributed by atoms with Crippen LogP contribution in [0.4, 0.5) is 0 Å². The Morgan fingerprint density at radius 3 is 2.58 bits per heavy atom. The summed E-state index contributed by atoms with van der Waals surface area (Å²) < 4.78 is 5.46. The molecule has 2 rings (SSSR count). The Bertz CT molecular complexity index is 603. The van der Waals surface area contributed by atoms with Crippen LogP contribution in [-0.4, -0.2) is 23.5 Å². The fourth-order valence-corrected chi connectivity index (χ4v) is 1.78. The topological polar surface area (TPSA) is 79.5 Å². The summed E-state index contributed by atoms with van der Waals surface area (Å²) in [5, 5.41) is 11.9. The molecule has 0 saturated carbocycles. The van der Waals surface area contributed by atoms with E-state index < -0.39 is 11.9 Å². The van der Waals surface area contributed by atoms with Crippen LogP contribution in [0.15, 0.2) is 22.6 Å². The van der Waals surface area contributed by atoms with Crippen molar-refractivity contribution in [1.82, 2.24) is 5.32 Å². The minimum atomic E-state index is -0.948. The lowest BCUT2D eigenvalue weighted by molar-refractivity contribution is -0.136. The van der Waals surface area contributed by atoms with Crippen LogP contribution in [0.25, 0.3) is 11.0 Å². The van der Waals surface area contributed by atoms with Crippen molar-refractivity contribution >= 4 is 22.8 Å². The SMILES string of the molecule is Cc1cc2cc(C(=O)NCCC(=O)O)oc2cc1C. The second kappa shape index (κ2) is 5.14. The summed E-state index contributed by atoms with van der Waals surface area (Å²) in [6, 6.07) is 5.51. The van der Waals surface area contributed by atoms with Gasteiger partial charge < -0.3 is 14.8 Å².